The summed E-state index contributed by atoms with van der Waals surface area (Å²) in [6.45, 7) is 4.78. The molecule has 0 unspecified atom stereocenters. The van der Waals surface area contributed by atoms with Gasteiger partial charge in [0.1, 0.15) is 5.82 Å². The van der Waals surface area contributed by atoms with E-state index in [1.807, 2.05) is 13.1 Å². The lowest BCUT2D eigenvalue weighted by atomic mass is 9.96. The van der Waals surface area contributed by atoms with Crippen LogP contribution in [-0.2, 0) is 11.3 Å². The Morgan fingerprint density at radius 2 is 2.05 bits per heavy atom. The lowest BCUT2D eigenvalue weighted by molar-refractivity contribution is -0.119. The molecule has 1 aliphatic heterocycles. The number of halogens is 1. The number of carbonyl (C=O) groups excluding carboxylic acids is 1. The Hall–Kier alpha value is -1.62. The lowest BCUT2D eigenvalue weighted by Crippen LogP contribution is -2.38. The third-order valence-corrected chi connectivity index (χ3v) is 3.94. The van der Waals surface area contributed by atoms with Gasteiger partial charge in [-0.2, -0.15) is 0 Å². The minimum atomic E-state index is -0.182. The maximum Gasteiger partial charge on any atom is 0.216 e. The molecule has 116 valence electrons. The van der Waals surface area contributed by atoms with Crippen molar-refractivity contribution in [3.8, 4) is 0 Å². The number of hydrogen-bond acceptors (Lipinski definition) is 3. The predicted molar refractivity (Wildman–Crippen MR) is 82.8 cm³/mol. The van der Waals surface area contributed by atoms with E-state index in [1.54, 1.807) is 19.1 Å². The van der Waals surface area contributed by atoms with Gasteiger partial charge in [0.05, 0.1) is 0 Å². The number of benzene rings is 1. The van der Waals surface area contributed by atoms with Gasteiger partial charge in [-0.05, 0) is 49.6 Å². The largest absolute Gasteiger partial charge is 0.371 e. The SMILES string of the molecule is CNCc1cc(F)cc(N2CCC(CNC(C)=O)CC2)c1. The Labute approximate surface area is 125 Å². The van der Waals surface area contributed by atoms with E-state index in [-0.39, 0.29) is 11.7 Å². The molecule has 2 N–H and O–H groups in total. The van der Waals surface area contributed by atoms with Crippen molar-refractivity contribution in [2.45, 2.75) is 26.3 Å². The van der Waals surface area contributed by atoms with Crippen LogP contribution in [0.4, 0.5) is 10.1 Å². The molecule has 0 aliphatic carbocycles. The fraction of sp³-hybridized carbons (Fsp3) is 0.562. The summed E-state index contributed by atoms with van der Waals surface area (Å²) in [5.41, 5.74) is 1.92. The number of nitrogens with one attached hydrogen (secondary N) is 2. The maximum atomic E-state index is 13.7. The van der Waals surface area contributed by atoms with E-state index in [2.05, 4.69) is 15.5 Å². The molecule has 0 bridgehead atoms. The smallest absolute Gasteiger partial charge is 0.216 e. The van der Waals surface area contributed by atoms with E-state index < -0.39 is 0 Å². The number of piperidine rings is 1. The second-order valence-electron chi connectivity index (χ2n) is 5.72. The van der Waals surface area contributed by atoms with Gasteiger partial charge in [0.15, 0.2) is 0 Å². The zero-order valence-electron chi connectivity index (χ0n) is 12.8. The van der Waals surface area contributed by atoms with Crippen LogP contribution in [0.2, 0.25) is 0 Å². The first-order valence-electron chi connectivity index (χ1n) is 7.52. The number of hydrogen-bond donors (Lipinski definition) is 2. The zero-order chi connectivity index (χ0) is 15.2. The average Bonchev–Trinajstić information content (AvgIpc) is 2.45. The number of anilines is 1. The fourth-order valence-electron chi connectivity index (χ4n) is 2.81. The third-order valence-electron chi connectivity index (χ3n) is 3.94. The quantitative estimate of drug-likeness (QED) is 0.871. The molecule has 0 aromatic heterocycles. The third kappa shape index (κ3) is 4.70. The highest BCUT2D eigenvalue weighted by Gasteiger charge is 2.20. The molecule has 21 heavy (non-hydrogen) atoms. The molecular weight excluding hydrogens is 269 g/mol. The van der Waals surface area contributed by atoms with E-state index in [9.17, 15) is 9.18 Å². The van der Waals surface area contributed by atoms with E-state index in [0.717, 1.165) is 43.7 Å². The second-order valence-corrected chi connectivity index (χ2v) is 5.72. The normalized spacial score (nSPS) is 16.0. The molecule has 5 heteroatoms. The van der Waals surface area contributed by atoms with Crippen LogP contribution in [-0.4, -0.2) is 32.6 Å². The number of nitrogens with zero attached hydrogens (tertiary/aromatic N) is 1. The molecule has 0 spiro atoms. The molecule has 1 aliphatic rings. The molecule has 1 aromatic carbocycles. The Kier molecular flexibility index (Phi) is 5.56. The highest BCUT2D eigenvalue weighted by molar-refractivity contribution is 5.72. The van der Waals surface area contributed by atoms with Gasteiger partial charge in [-0.15, -0.1) is 0 Å². The van der Waals surface area contributed by atoms with Crippen molar-refractivity contribution < 1.29 is 9.18 Å². The van der Waals surface area contributed by atoms with Gasteiger partial charge in [-0.1, -0.05) is 0 Å². The molecule has 1 amide bonds. The van der Waals surface area contributed by atoms with E-state index >= 15 is 0 Å². The Bertz CT molecular complexity index is 484. The van der Waals surface area contributed by atoms with Gasteiger partial charge >= 0.3 is 0 Å². The van der Waals surface area contributed by atoms with Crippen molar-refractivity contribution >= 4 is 11.6 Å². The molecule has 0 atom stereocenters. The topological polar surface area (TPSA) is 44.4 Å². The minimum absolute atomic E-state index is 0.0271. The van der Waals surface area contributed by atoms with Crippen LogP contribution in [0.3, 0.4) is 0 Å². The summed E-state index contributed by atoms with van der Waals surface area (Å²) in [5, 5.41) is 5.93. The summed E-state index contributed by atoms with van der Waals surface area (Å²) in [4.78, 5) is 13.2. The van der Waals surface area contributed by atoms with E-state index in [0.29, 0.717) is 12.5 Å². The van der Waals surface area contributed by atoms with Crippen LogP contribution in [0.25, 0.3) is 0 Å². The van der Waals surface area contributed by atoms with Crippen molar-refractivity contribution in [3.05, 3.63) is 29.6 Å². The first-order valence-corrected chi connectivity index (χ1v) is 7.52. The molecule has 4 nitrogen and oxygen atoms in total. The summed E-state index contributed by atoms with van der Waals surface area (Å²) < 4.78 is 13.7. The van der Waals surface area contributed by atoms with Gasteiger partial charge in [-0.25, -0.2) is 4.39 Å². The summed E-state index contributed by atoms with van der Waals surface area (Å²) in [6.07, 6.45) is 2.05. The minimum Gasteiger partial charge on any atom is -0.371 e. The number of rotatable bonds is 5. The molecule has 0 saturated carbocycles. The summed E-state index contributed by atoms with van der Waals surface area (Å²) in [7, 11) is 1.86. The van der Waals surface area contributed by atoms with Crippen molar-refractivity contribution in [1.82, 2.24) is 10.6 Å². The standard InChI is InChI=1S/C16H24FN3O/c1-12(21)19-11-13-3-5-20(6-4-13)16-8-14(10-18-2)7-15(17)9-16/h7-9,13,18H,3-6,10-11H2,1-2H3,(H,19,21). The highest BCUT2D eigenvalue weighted by atomic mass is 19.1. The van der Waals surface area contributed by atoms with E-state index in [1.165, 1.54) is 0 Å². The van der Waals surface area contributed by atoms with E-state index in [4.69, 9.17) is 0 Å². The van der Waals surface area contributed by atoms with Crippen molar-refractivity contribution in [2.75, 3.05) is 31.6 Å². The molecular formula is C16H24FN3O. The van der Waals surface area contributed by atoms with Gasteiger partial charge < -0.3 is 15.5 Å². The van der Waals surface area contributed by atoms with Crippen LogP contribution in [0, 0.1) is 11.7 Å². The van der Waals surface area contributed by atoms with Gasteiger partial charge in [0.25, 0.3) is 0 Å². The van der Waals surface area contributed by atoms with Gasteiger partial charge in [0.2, 0.25) is 5.91 Å². The molecule has 2 rings (SSSR count). The number of amides is 1. The second kappa shape index (κ2) is 7.41. The van der Waals surface area contributed by atoms with Gasteiger partial charge in [-0.3, -0.25) is 4.79 Å². The van der Waals surface area contributed by atoms with Crippen LogP contribution in [0.5, 0.6) is 0 Å². The van der Waals surface area contributed by atoms with Crippen LogP contribution >= 0.6 is 0 Å². The fourth-order valence-corrected chi connectivity index (χ4v) is 2.81. The van der Waals surface area contributed by atoms with Crippen LogP contribution in [0.1, 0.15) is 25.3 Å². The first-order chi connectivity index (χ1) is 10.1. The molecule has 1 aromatic rings. The van der Waals surface area contributed by atoms with Crippen molar-refractivity contribution in [1.29, 1.82) is 0 Å². The summed E-state index contributed by atoms with van der Waals surface area (Å²) in [5.74, 6) is 0.368. The zero-order valence-corrected chi connectivity index (χ0v) is 12.8. The first kappa shape index (κ1) is 15.8. The average molecular weight is 293 g/mol. The number of carbonyl (C=O) groups is 1. The molecule has 1 fully saturated rings. The van der Waals surface area contributed by atoms with Crippen LogP contribution < -0.4 is 15.5 Å². The summed E-state index contributed by atoms with van der Waals surface area (Å²) in [6, 6.07) is 5.23. The Balaban J connectivity index is 1.94. The van der Waals surface area contributed by atoms with Crippen molar-refractivity contribution in [2.24, 2.45) is 5.92 Å². The maximum absolute atomic E-state index is 13.7. The molecule has 0 radical (unpaired) electrons. The highest BCUT2D eigenvalue weighted by Crippen LogP contribution is 2.25. The van der Waals surface area contributed by atoms with Crippen LogP contribution in [0.15, 0.2) is 18.2 Å². The molecule has 1 heterocycles. The predicted octanol–water partition coefficient (Wildman–Crippen LogP) is 1.90. The monoisotopic (exact) mass is 293 g/mol. The lowest BCUT2D eigenvalue weighted by Gasteiger charge is -2.34. The van der Waals surface area contributed by atoms with Gasteiger partial charge in [0, 0.05) is 38.8 Å². The summed E-state index contributed by atoms with van der Waals surface area (Å²) >= 11 is 0. The van der Waals surface area contributed by atoms with Crippen molar-refractivity contribution in [3.63, 3.8) is 0 Å². The Morgan fingerprint density at radius 1 is 1.33 bits per heavy atom. The molecule has 1 saturated heterocycles. The Morgan fingerprint density at radius 3 is 2.67 bits per heavy atom.